The van der Waals surface area contributed by atoms with Crippen LogP contribution in [0, 0.1) is 5.82 Å². The van der Waals surface area contributed by atoms with Crippen molar-refractivity contribution in [1.82, 2.24) is 0 Å². The number of anilines is 1. The zero-order valence-electron chi connectivity index (χ0n) is 11.7. The standard InChI is InChI=1S/C14H20FNO2S/c1-13(2)8-12(14(3,4)18-13)19(17)11-6-9(15)5-10(16)7-11/h5-7,12H,8,16H2,1-4H3. The number of hydrogen-bond acceptors (Lipinski definition) is 3. The molecule has 106 valence electrons. The van der Waals surface area contributed by atoms with E-state index in [1.54, 1.807) is 6.07 Å². The highest BCUT2D eigenvalue weighted by Crippen LogP contribution is 2.41. The molecule has 1 aromatic carbocycles. The first-order valence-corrected chi connectivity index (χ1v) is 7.49. The van der Waals surface area contributed by atoms with Crippen LogP contribution in [0.15, 0.2) is 23.1 Å². The largest absolute Gasteiger partial charge is 0.399 e. The van der Waals surface area contributed by atoms with E-state index in [4.69, 9.17) is 10.5 Å². The van der Waals surface area contributed by atoms with Crippen LogP contribution in [-0.4, -0.2) is 20.7 Å². The lowest BCUT2D eigenvalue weighted by molar-refractivity contribution is -0.0633. The smallest absolute Gasteiger partial charge is 0.126 e. The highest BCUT2D eigenvalue weighted by molar-refractivity contribution is 7.85. The summed E-state index contributed by atoms with van der Waals surface area (Å²) in [7, 11) is -1.34. The molecule has 1 aliphatic rings. The Hall–Kier alpha value is -0.940. The Bertz CT molecular complexity index is 508. The molecule has 2 N–H and O–H groups in total. The van der Waals surface area contributed by atoms with Gasteiger partial charge in [0.25, 0.3) is 0 Å². The molecule has 0 aromatic heterocycles. The average Bonchev–Trinajstić information content (AvgIpc) is 2.44. The number of rotatable bonds is 2. The van der Waals surface area contributed by atoms with Crippen LogP contribution < -0.4 is 5.73 Å². The summed E-state index contributed by atoms with van der Waals surface area (Å²) in [5.74, 6) is -0.459. The van der Waals surface area contributed by atoms with Gasteiger partial charge >= 0.3 is 0 Å². The number of halogens is 1. The second-order valence-corrected chi connectivity index (χ2v) is 7.81. The third-order valence-electron chi connectivity index (χ3n) is 3.38. The third kappa shape index (κ3) is 2.98. The van der Waals surface area contributed by atoms with Gasteiger partial charge in [-0.25, -0.2) is 4.39 Å². The molecule has 0 bridgehead atoms. The first kappa shape index (κ1) is 14.5. The van der Waals surface area contributed by atoms with Gasteiger partial charge in [0.2, 0.25) is 0 Å². The summed E-state index contributed by atoms with van der Waals surface area (Å²) in [5.41, 5.74) is 5.08. The summed E-state index contributed by atoms with van der Waals surface area (Å²) in [4.78, 5) is 0.428. The molecule has 0 spiro atoms. The molecule has 3 nitrogen and oxygen atoms in total. The van der Waals surface area contributed by atoms with Gasteiger partial charge in [-0.15, -0.1) is 0 Å². The molecular formula is C14H20FNO2S. The molecule has 1 saturated heterocycles. The van der Waals surface area contributed by atoms with Gasteiger partial charge in [0.15, 0.2) is 0 Å². The summed E-state index contributed by atoms with van der Waals surface area (Å²) >= 11 is 0. The molecule has 1 heterocycles. The first-order valence-electron chi connectivity index (χ1n) is 6.27. The predicted molar refractivity (Wildman–Crippen MR) is 74.9 cm³/mol. The van der Waals surface area contributed by atoms with Gasteiger partial charge in [0.1, 0.15) is 5.82 Å². The van der Waals surface area contributed by atoms with Crippen LogP contribution in [0.4, 0.5) is 10.1 Å². The molecule has 2 unspecified atom stereocenters. The predicted octanol–water partition coefficient (Wildman–Crippen LogP) is 2.86. The summed E-state index contributed by atoms with van der Waals surface area (Å²) in [6, 6.07) is 4.08. The Morgan fingerprint density at radius 1 is 1.32 bits per heavy atom. The highest BCUT2D eigenvalue weighted by atomic mass is 32.2. The zero-order valence-corrected chi connectivity index (χ0v) is 12.5. The van der Waals surface area contributed by atoms with Crippen LogP contribution in [0.3, 0.4) is 0 Å². The van der Waals surface area contributed by atoms with Crippen molar-refractivity contribution in [2.45, 2.75) is 55.5 Å². The fraction of sp³-hybridized carbons (Fsp3) is 0.571. The van der Waals surface area contributed by atoms with E-state index in [1.807, 2.05) is 27.7 Å². The van der Waals surface area contributed by atoms with Crippen LogP contribution in [0.5, 0.6) is 0 Å². The molecule has 0 aliphatic carbocycles. The first-order chi connectivity index (χ1) is 8.61. The lowest BCUT2D eigenvalue weighted by atomic mass is 10.0. The van der Waals surface area contributed by atoms with Gasteiger partial charge in [-0.05, 0) is 52.3 Å². The average molecular weight is 285 g/mol. The van der Waals surface area contributed by atoms with E-state index in [-0.39, 0.29) is 10.9 Å². The SMILES string of the molecule is CC1(C)CC(S(=O)c2cc(N)cc(F)c2)C(C)(C)O1. The maximum absolute atomic E-state index is 13.4. The van der Waals surface area contributed by atoms with E-state index in [2.05, 4.69) is 0 Å². The number of nitrogen functional groups attached to an aromatic ring is 1. The minimum absolute atomic E-state index is 0.177. The molecule has 0 saturated carbocycles. The van der Waals surface area contributed by atoms with Crippen molar-refractivity contribution in [3.63, 3.8) is 0 Å². The van der Waals surface area contributed by atoms with Gasteiger partial charge in [0.05, 0.1) is 27.3 Å². The Balaban J connectivity index is 2.34. The monoisotopic (exact) mass is 285 g/mol. The Morgan fingerprint density at radius 3 is 2.42 bits per heavy atom. The fourth-order valence-corrected chi connectivity index (χ4v) is 4.64. The molecule has 19 heavy (non-hydrogen) atoms. The topological polar surface area (TPSA) is 52.3 Å². The van der Waals surface area contributed by atoms with Gasteiger partial charge in [-0.2, -0.15) is 0 Å². The van der Waals surface area contributed by atoms with Crippen molar-refractivity contribution in [2.24, 2.45) is 0 Å². The van der Waals surface area contributed by atoms with Crippen LogP contribution in [0.25, 0.3) is 0 Å². The molecule has 0 radical (unpaired) electrons. The number of nitrogens with two attached hydrogens (primary N) is 1. The number of hydrogen-bond donors (Lipinski definition) is 1. The quantitative estimate of drug-likeness (QED) is 0.850. The molecule has 1 aliphatic heterocycles. The van der Waals surface area contributed by atoms with Crippen molar-refractivity contribution in [2.75, 3.05) is 5.73 Å². The molecule has 5 heteroatoms. The minimum Gasteiger partial charge on any atom is -0.399 e. The van der Waals surface area contributed by atoms with Crippen LogP contribution in [0.2, 0.25) is 0 Å². The summed E-state index contributed by atoms with van der Waals surface area (Å²) in [6.45, 7) is 7.80. The zero-order chi connectivity index (χ0) is 14.4. The Kier molecular flexibility index (Phi) is 3.47. The molecule has 2 rings (SSSR count). The minimum atomic E-state index is -1.34. The highest BCUT2D eigenvalue weighted by Gasteiger charge is 2.49. The lowest BCUT2D eigenvalue weighted by Gasteiger charge is -2.26. The second-order valence-electron chi connectivity index (χ2n) is 6.18. The third-order valence-corrected chi connectivity index (χ3v) is 5.33. The fourth-order valence-electron chi connectivity index (χ4n) is 2.71. The maximum atomic E-state index is 13.4. The maximum Gasteiger partial charge on any atom is 0.126 e. The summed E-state index contributed by atoms with van der Waals surface area (Å²) in [6.07, 6.45) is 0.670. The van der Waals surface area contributed by atoms with E-state index in [9.17, 15) is 8.60 Å². The number of ether oxygens (including phenoxy) is 1. The van der Waals surface area contributed by atoms with Crippen molar-refractivity contribution in [3.05, 3.63) is 24.0 Å². The van der Waals surface area contributed by atoms with Gasteiger partial charge in [0, 0.05) is 10.6 Å². The van der Waals surface area contributed by atoms with Crippen LogP contribution in [0.1, 0.15) is 34.1 Å². The van der Waals surface area contributed by atoms with Crippen LogP contribution >= 0.6 is 0 Å². The van der Waals surface area contributed by atoms with Gasteiger partial charge in [-0.3, -0.25) is 4.21 Å². The van der Waals surface area contributed by atoms with Gasteiger partial charge < -0.3 is 10.5 Å². The Morgan fingerprint density at radius 2 is 1.95 bits per heavy atom. The van der Waals surface area contributed by atoms with Gasteiger partial charge in [-0.1, -0.05) is 0 Å². The van der Waals surface area contributed by atoms with E-state index >= 15 is 0 Å². The molecule has 0 amide bonds. The van der Waals surface area contributed by atoms with Crippen LogP contribution in [-0.2, 0) is 15.5 Å². The normalized spacial score (nSPS) is 26.3. The summed E-state index contributed by atoms with van der Waals surface area (Å²) in [5, 5.41) is -0.177. The van der Waals surface area contributed by atoms with E-state index in [0.29, 0.717) is 17.0 Å². The lowest BCUT2D eigenvalue weighted by Crippen LogP contribution is -2.35. The van der Waals surface area contributed by atoms with Crippen molar-refractivity contribution in [3.8, 4) is 0 Å². The van der Waals surface area contributed by atoms with E-state index in [1.165, 1.54) is 12.1 Å². The number of benzene rings is 1. The van der Waals surface area contributed by atoms with E-state index < -0.39 is 22.2 Å². The second kappa shape index (κ2) is 4.56. The molecular weight excluding hydrogens is 265 g/mol. The van der Waals surface area contributed by atoms with Crippen molar-refractivity contribution >= 4 is 16.5 Å². The van der Waals surface area contributed by atoms with E-state index in [0.717, 1.165) is 0 Å². The molecule has 1 fully saturated rings. The van der Waals surface area contributed by atoms with Crippen molar-refractivity contribution in [1.29, 1.82) is 0 Å². The Labute approximate surface area is 115 Å². The molecule has 2 atom stereocenters. The summed E-state index contributed by atoms with van der Waals surface area (Å²) < 4.78 is 32.0. The van der Waals surface area contributed by atoms with Crippen molar-refractivity contribution < 1.29 is 13.3 Å². The molecule has 1 aromatic rings.